The molecule has 29 heavy (non-hydrogen) atoms. The number of carbonyl (C=O) groups is 1. The topological polar surface area (TPSA) is 101 Å². The van der Waals surface area contributed by atoms with Crippen LogP contribution in [0.15, 0.2) is 59.5 Å². The quantitative estimate of drug-likeness (QED) is 0.420. The number of carbonyl (C=O) groups excluding carboxylic acids is 1. The highest BCUT2D eigenvalue weighted by molar-refractivity contribution is 7.89. The van der Waals surface area contributed by atoms with Crippen molar-refractivity contribution in [3.8, 4) is 0 Å². The van der Waals surface area contributed by atoms with Gasteiger partial charge < -0.3 is 4.90 Å². The third kappa shape index (κ3) is 4.84. The molecule has 1 heterocycles. The first-order valence-electron chi connectivity index (χ1n) is 8.74. The first-order chi connectivity index (χ1) is 13.8. The summed E-state index contributed by atoms with van der Waals surface area (Å²) < 4.78 is 39.8. The van der Waals surface area contributed by atoms with E-state index in [4.69, 9.17) is 0 Å². The average molecular weight is 419 g/mol. The molecule has 10 heteroatoms. The van der Waals surface area contributed by atoms with Gasteiger partial charge in [-0.05, 0) is 42.0 Å². The molecule has 0 atom stereocenters. The number of piperazine rings is 1. The number of benzene rings is 2. The van der Waals surface area contributed by atoms with Gasteiger partial charge in [0.1, 0.15) is 5.82 Å². The number of non-ortho nitro benzene ring substituents is 1. The second-order valence-electron chi connectivity index (χ2n) is 6.37. The van der Waals surface area contributed by atoms with Gasteiger partial charge in [-0.1, -0.05) is 6.07 Å². The molecule has 2 aromatic rings. The molecule has 0 saturated carbocycles. The van der Waals surface area contributed by atoms with Gasteiger partial charge in [-0.3, -0.25) is 14.9 Å². The summed E-state index contributed by atoms with van der Waals surface area (Å²) in [4.78, 5) is 23.9. The lowest BCUT2D eigenvalue weighted by Crippen LogP contribution is -2.50. The van der Waals surface area contributed by atoms with Gasteiger partial charge in [0.2, 0.25) is 15.9 Å². The lowest BCUT2D eigenvalue weighted by atomic mass is 10.2. The van der Waals surface area contributed by atoms with Crippen molar-refractivity contribution < 1.29 is 22.5 Å². The van der Waals surface area contributed by atoms with Crippen molar-refractivity contribution in [3.63, 3.8) is 0 Å². The van der Waals surface area contributed by atoms with Crippen molar-refractivity contribution in [3.05, 3.63) is 76.1 Å². The maximum absolute atomic E-state index is 13.3. The number of hydrogen-bond acceptors (Lipinski definition) is 5. The number of nitro benzene ring substituents is 1. The monoisotopic (exact) mass is 419 g/mol. The molecule has 0 radical (unpaired) electrons. The maximum Gasteiger partial charge on any atom is 0.269 e. The lowest BCUT2D eigenvalue weighted by Gasteiger charge is -2.33. The Kier molecular flexibility index (Phi) is 6.04. The summed E-state index contributed by atoms with van der Waals surface area (Å²) in [6.07, 6.45) is 2.89. The Balaban J connectivity index is 1.60. The van der Waals surface area contributed by atoms with Crippen LogP contribution in [0.25, 0.3) is 6.08 Å². The van der Waals surface area contributed by atoms with E-state index in [0.29, 0.717) is 5.56 Å². The molecular formula is C19H18FN3O5S. The van der Waals surface area contributed by atoms with E-state index < -0.39 is 20.8 Å². The molecule has 0 unspecified atom stereocenters. The van der Waals surface area contributed by atoms with Gasteiger partial charge in [-0.15, -0.1) is 0 Å². The third-order valence-corrected chi connectivity index (χ3v) is 6.40. The smallest absolute Gasteiger partial charge is 0.269 e. The zero-order valence-electron chi connectivity index (χ0n) is 15.3. The molecule has 152 valence electrons. The fourth-order valence-corrected chi connectivity index (χ4v) is 4.36. The summed E-state index contributed by atoms with van der Waals surface area (Å²) in [5, 5.41) is 10.7. The van der Waals surface area contributed by atoms with Crippen molar-refractivity contribution in [2.75, 3.05) is 26.2 Å². The van der Waals surface area contributed by atoms with Crippen LogP contribution in [0, 0.1) is 15.9 Å². The van der Waals surface area contributed by atoms with Gasteiger partial charge >= 0.3 is 0 Å². The van der Waals surface area contributed by atoms with Crippen LogP contribution in [0.2, 0.25) is 0 Å². The zero-order valence-corrected chi connectivity index (χ0v) is 16.1. The van der Waals surface area contributed by atoms with Crippen LogP contribution in [0.5, 0.6) is 0 Å². The Morgan fingerprint density at radius 3 is 2.31 bits per heavy atom. The van der Waals surface area contributed by atoms with Gasteiger partial charge in [-0.2, -0.15) is 4.31 Å². The van der Waals surface area contributed by atoms with E-state index in [2.05, 4.69) is 0 Å². The van der Waals surface area contributed by atoms with Gasteiger partial charge in [0.05, 0.1) is 9.82 Å². The SMILES string of the molecule is O=C(/C=C/c1ccc([N+](=O)[O-])cc1)N1CCN(S(=O)(=O)c2cccc(F)c2)CC1. The van der Waals surface area contributed by atoms with E-state index >= 15 is 0 Å². The molecule has 2 aromatic carbocycles. The van der Waals surface area contributed by atoms with Crippen LogP contribution in [0.3, 0.4) is 0 Å². The molecule has 8 nitrogen and oxygen atoms in total. The summed E-state index contributed by atoms with van der Waals surface area (Å²) in [6, 6.07) is 10.6. The van der Waals surface area contributed by atoms with Crippen molar-refractivity contribution in [1.82, 2.24) is 9.21 Å². The first kappa shape index (κ1) is 20.6. The van der Waals surface area contributed by atoms with Crippen LogP contribution in [0.1, 0.15) is 5.56 Å². The minimum Gasteiger partial charge on any atom is -0.337 e. The van der Waals surface area contributed by atoms with Crippen LogP contribution in [0.4, 0.5) is 10.1 Å². The molecule has 0 bridgehead atoms. The maximum atomic E-state index is 13.3. The van der Waals surface area contributed by atoms with E-state index in [1.54, 1.807) is 6.08 Å². The van der Waals surface area contributed by atoms with E-state index in [0.717, 1.165) is 6.07 Å². The molecule has 1 amide bonds. The number of nitrogens with zero attached hydrogens (tertiary/aromatic N) is 3. The van der Waals surface area contributed by atoms with Gasteiger partial charge in [-0.25, -0.2) is 12.8 Å². The van der Waals surface area contributed by atoms with Crippen molar-refractivity contribution >= 4 is 27.7 Å². The number of nitro groups is 1. The van der Waals surface area contributed by atoms with E-state index in [1.165, 1.54) is 57.7 Å². The summed E-state index contributed by atoms with van der Waals surface area (Å²) in [7, 11) is -3.82. The molecule has 0 N–H and O–H groups in total. The molecule has 1 fully saturated rings. The molecule has 1 aliphatic heterocycles. The van der Waals surface area contributed by atoms with Crippen LogP contribution in [-0.4, -0.2) is 54.6 Å². The predicted octanol–water partition coefficient (Wildman–Crippen LogP) is 2.28. The highest BCUT2D eigenvalue weighted by Gasteiger charge is 2.29. The second-order valence-corrected chi connectivity index (χ2v) is 8.31. The minimum absolute atomic E-state index is 0.0379. The predicted molar refractivity (Wildman–Crippen MR) is 104 cm³/mol. The Morgan fingerprint density at radius 2 is 1.72 bits per heavy atom. The summed E-state index contributed by atoms with van der Waals surface area (Å²) in [5.74, 6) is -0.914. The van der Waals surface area contributed by atoms with Crippen LogP contribution >= 0.6 is 0 Å². The van der Waals surface area contributed by atoms with Crippen LogP contribution in [-0.2, 0) is 14.8 Å². The van der Waals surface area contributed by atoms with Crippen molar-refractivity contribution in [2.45, 2.75) is 4.90 Å². The number of rotatable bonds is 5. The molecule has 1 saturated heterocycles. The zero-order chi connectivity index (χ0) is 21.0. The van der Waals surface area contributed by atoms with Crippen molar-refractivity contribution in [1.29, 1.82) is 0 Å². The van der Waals surface area contributed by atoms with Gasteiger partial charge in [0.25, 0.3) is 5.69 Å². The Hall–Kier alpha value is -3.11. The molecule has 0 aliphatic carbocycles. The molecule has 1 aliphatic rings. The number of sulfonamides is 1. The molecule has 3 rings (SSSR count). The van der Waals surface area contributed by atoms with Crippen molar-refractivity contribution in [2.24, 2.45) is 0 Å². The Labute approximate surface area is 167 Å². The summed E-state index contributed by atoms with van der Waals surface area (Å²) >= 11 is 0. The van der Waals surface area contributed by atoms with E-state index in [1.807, 2.05) is 0 Å². The average Bonchev–Trinajstić information content (AvgIpc) is 2.72. The molecule has 0 spiro atoms. The molecular weight excluding hydrogens is 401 g/mol. The number of halogens is 1. The standard InChI is InChI=1S/C19H18FN3O5S/c20-16-2-1-3-18(14-16)29(27,28)22-12-10-21(11-13-22)19(24)9-6-15-4-7-17(8-5-15)23(25)26/h1-9,14H,10-13H2/b9-6+. The summed E-state index contributed by atoms with van der Waals surface area (Å²) in [6.45, 7) is 0.627. The van der Waals surface area contributed by atoms with Gasteiger partial charge in [0.15, 0.2) is 0 Å². The first-order valence-corrected chi connectivity index (χ1v) is 10.2. The minimum atomic E-state index is -3.82. The highest BCUT2D eigenvalue weighted by Crippen LogP contribution is 2.19. The fraction of sp³-hybridized carbons (Fsp3) is 0.211. The Morgan fingerprint density at radius 1 is 1.07 bits per heavy atom. The fourth-order valence-electron chi connectivity index (χ4n) is 2.91. The summed E-state index contributed by atoms with van der Waals surface area (Å²) in [5.41, 5.74) is 0.598. The van der Waals surface area contributed by atoms with Crippen LogP contribution < -0.4 is 0 Å². The normalized spacial score (nSPS) is 15.6. The number of amides is 1. The van der Waals surface area contributed by atoms with E-state index in [9.17, 15) is 27.7 Å². The highest BCUT2D eigenvalue weighted by atomic mass is 32.2. The largest absolute Gasteiger partial charge is 0.337 e. The number of hydrogen-bond donors (Lipinski definition) is 0. The van der Waals surface area contributed by atoms with E-state index in [-0.39, 0.29) is 42.7 Å². The lowest BCUT2D eigenvalue weighted by molar-refractivity contribution is -0.384. The molecule has 0 aromatic heterocycles. The Bertz CT molecular complexity index is 1050. The second kappa shape index (κ2) is 8.50. The van der Waals surface area contributed by atoms with Gasteiger partial charge in [0, 0.05) is 44.4 Å². The third-order valence-electron chi connectivity index (χ3n) is 4.51.